The second-order valence-electron chi connectivity index (χ2n) is 2.59. The summed E-state index contributed by atoms with van der Waals surface area (Å²) in [6.45, 7) is 0.305. The van der Waals surface area contributed by atoms with Crippen LogP contribution in [0.1, 0.15) is 6.42 Å². The lowest BCUT2D eigenvalue weighted by molar-refractivity contribution is 0.481. The number of halogens is 3. The van der Waals surface area contributed by atoms with E-state index in [1.165, 1.54) is 0 Å². The zero-order valence-electron chi connectivity index (χ0n) is 6.99. The average Bonchev–Trinajstić information content (AvgIpc) is 2.09. The highest BCUT2D eigenvalue weighted by molar-refractivity contribution is 9.10. The first kappa shape index (κ1) is 10.8. The van der Waals surface area contributed by atoms with Crippen molar-refractivity contribution in [3.05, 3.63) is 27.7 Å². The van der Waals surface area contributed by atoms with Crippen LogP contribution >= 0.6 is 27.5 Å². The van der Waals surface area contributed by atoms with Crippen LogP contribution in [0.5, 0.6) is 0 Å². The molecule has 1 nitrogen and oxygen atoms in total. The summed E-state index contributed by atoms with van der Waals surface area (Å²) < 4.78 is 12.7. The first-order valence-electron chi connectivity index (χ1n) is 3.99. The van der Waals surface area contributed by atoms with Gasteiger partial charge in [0.2, 0.25) is 0 Å². The van der Waals surface area contributed by atoms with E-state index in [9.17, 15) is 4.39 Å². The molecule has 1 aromatic carbocycles. The number of anilines is 1. The van der Waals surface area contributed by atoms with Crippen LogP contribution in [0.3, 0.4) is 0 Å². The molecule has 0 spiro atoms. The third-order valence-corrected chi connectivity index (χ3v) is 2.36. The van der Waals surface area contributed by atoms with Crippen molar-refractivity contribution in [3.63, 3.8) is 0 Å². The standard InChI is InChI=1S/C9H10BrClFN/c10-7-2-3-9(8(11)6-7)13-5-1-4-12/h2-3,6,13H,1,4-5H2. The number of hydrogen-bond acceptors (Lipinski definition) is 1. The van der Waals surface area contributed by atoms with Gasteiger partial charge in [-0.2, -0.15) is 0 Å². The predicted molar refractivity (Wildman–Crippen MR) is 58.2 cm³/mol. The van der Waals surface area contributed by atoms with Gasteiger partial charge in [0.15, 0.2) is 0 Å². The lowest BCUT2D eigenvalue weighted by Gasteiger charge is -2.06. The molecule has 0 aliphatic rings. The third kappa shape index (κ3) is 3.53. The van der Waals surface area contributed by atoms with Crippen molar-refractivity contribution in [3.8, 4) is 0 Å². The van der Waals surface area contributed by atoms with Gasteiger partial charge in [0.1, 0.15) is 0 Å². The van der Waals surface area contributed by atoms with Crippen molar-refractivity contribution in [2.24, 2.45) is 0 Å². The second kappa shape index (κ2) is 5.45. The van der Waals surface area contributed by atoms with E-state index >= 15 is 0 Å². The highest BCUT2D eigenvalue weighted by atomic mass is 79.9. The van der Waals surface area contributed by atoms with Crippen LogP contribution in [-0.2, 0) is 0 Å². The van der Waals surface area contributed by atoms with Gasteiger partial charge in [0.05, 0.1) is 17.4 Å². The van der Waals surface area contributed by atoms with E-state index in [1.54, 1.807) is 6.07 Å². The number of hydrogen-bond donors (Lipinski definition) is 1. The van der Waals surface area contributed by atoms with Gasteiger partial charge in [-0.05, 0) is 24.6 Å². The zero-order valence-corrected chi connectivity index (χ0v) is 9.33. The van der Waals surface area contributed by atoms with Crippen molar-refractivity contribution >= 4 is 33.2 Å². The van der Waals surface area contributed by atoms with Crippen LogP contribution in [-0.4, -0.2) is 13.2 Å². The summed E-state index contributed by atoms with van der Waals surface area (Å²) >= 11 is 9.23. The highest BCUT2D eigenvalue weighted by Crippen LogP contribution is 2.25. The van der Waals surface area contributed by atoms with Gasteiger partial charge < -0.3 is 5.32 Å². The first-order valence-corrected chi connectivity index (χ1v) is 5.16. The topological polar surface area (TPSA) is 12.0 Å². The normalized spacial score (nSPS) is 10.1. The maximum Gasteiger partial charge on any atom is 0.0911 e. The fraction of sp³-hybridized carbons (Fsp3) is 0.333. The van der Waals surface area contributed by atoms with Crippen molar-refractivity contribution in [2.45, 2.75) is 6.42 Å². The molecule has 0 heterocycles. The zero-order chi connectivity index (χ0) is 9.68. The molecule has 0 aliphatic carbocycles. The molecular weight excluding hydrogens is 256 g/mol. The van der Waals surface area contributed by atoms with Crippen molar-refractivity contribution in [1.29, 1.82) is 0 Å². The minimum Gasteiger partial charge on any atom is -0.384 e. The van der Waals surface area contributed by atoms with Crippen LogP contribution in [0.25, 0.3) is 0 Å². The predicted octanol–water partition coefficient (Wildman–Crippen LogP) is 3.87. The SMILES string of the molecule is FCCCNc1ccc(Br)cc1Cl. The molecule has 72 valence electrons. The summed E-state index contributed by atoms with van der Waals surface area (Å²) in [5.74, 6) is 0. The van der Waals surface area contributed by atoms with Crippen molar-refractivity contribution < 1.29 is 4.39 Å². The molecule has 0 fully saturated rings. The third-order valence-electron chi connectivity index (χ3n) is 1.56. The Bertz CT molecular complexity index is 280. The molecule has 0 saturated heterocycles. The van der Waals surface area contributed by atoms with Gasteiger partial charge >= 0.3 is 0 Å². The largest absolute Gasteiger partial charge is 0.384 e. The minimum atomic E-state index is -0.304. The second-order valence-corrected chi connectivity index (χ2v) is 3.92. The Morgan fingerprint density at radius 1 is 1.46 bits per heavy atom. The van der Waals surface area contributed by atoms with Crippen LogP contribution < -0.4 is 5.32 Å². The lowest BCUT2D eigenvalue weighted by Crippen LogP contribution is -2.02. The Kier molecular flexibility index (Phi) is 4.53. The Morgan fingerprint density at radius 3 is 2.85 bits per heavy atom. The average molecular weight is 267 g/mol. The van der Waals surface area contributed by atoms with E-state index in [-0.39, 0.29) is 6.67 Å². The fourth-order valence-electron chi connectivity index (χ4n) is 0.923. The highest BCUT2D eigenvalue weighted by Gasteiger charge is 1.99. The van der Waals surface area contributed by atoms with Gasteiger partial charge in [0.25, 0.3) is 0 Å². The Labute approximate surface area is 90.4 Å². The van der Waals surface area contributed by atoms with E-state index in [2.05, 4.69) is 21.2 Å². The smallest absolute Gasteiger partial charge is 0.0911 e. The minimum absolute atomic E-state index is 0.304. The quantitative estimate of drug-likeness (QED) is 0.816. The summed E-state index contributed by atoms with van der Waals surface area (Å²) in [6, 6.07) is 5.56. The molecule has 0 amide bonds. The molecule has 0 unspecified atom stereocenters. The lowest BCUT2D eigenvalue weighted by atomic mass is 10.3. The van der Waals surface area contributed by atoms with Crippen molar-refractivity contribution in [2.75, 3.05) is 18.5 Å². The Morgan fingerprint density at radius 2 is 2.23 bits per heavy atom. The molecule has 0 bridgehead atoms. The molecule has 1 rings (SSSR count). The molecule has 0 saturated carbocycles. The number of alkyl halides is 1. The summed E-state index contributed by atoms with van der Waals surface area (Å²) in [6.07, 6.45) is 0.506. The first-order chi connectivity index (χ1) is 6.24. The number of nitrogens with one attached hydrogen (secondary N) is 1. The van der Waals surface area contributed by atoms with Gasteiger partial charge in [-0.25, -0.2) is 0 Å². The Hall–Kier alpha value is -0.280. The van der Waals surface area contributed by atoms with Gasteiger partial charge in [-0.1, -0.05) is 27.5 Å². The summed E-state index contributed by atoms with van der Waals surface area (Å²) in [5.41, 5.74) is 0.846. The molecule has 0 aromatic heterocycles. The van der Waals surface area contributed by atoms with E-state index in [0.717, 1.165) is 10.2 Å². The van der Waals surface area contributed by atoms with Gasteiger partial charge in [-0.3, -0.25) is 4.39 Å². The molecule has 13 heavy (non-hydrogen) atoms. The van der Waals surface area contributed by atoms with Crippen LogP contribution in [0.4, 0.5) is 10.1 Å². The van der Waals surface area contributed by atoms with E-state index in [0.29, 0.717) is 18.0 Å². The maximum atomic E-state index is 11.8. The Balaban J connectivity index is 2.56. The summed E-state index contributed by atoms with van der Waals surface area (Å²) in [5, 5.41) is 3.69. The van der Waals surface area contributed by atoms with Crippen molar-refractivity contribution in [1.82, 2.24) is 0 Å². The summed E-state index contributed by atoms with van der Waals surface area (Å²) in [4.78, 5) is 0. The van der Waals surface area contributed by atoms with E-state index < -0.39 is 0 Å². The fourth-order valence-corrected chi connectivity index (χ4v) is 1.66. The summed E-state index contributed by atoms with van der Waals surface area (Å²) in [7, 11) is 0. The van der Waals surface area contributed by atoms with Gasteiger partial charge in [0, 0.05) is 11.0 Å². The molecule has 1 N–H and O–H groups in total. The van der Waals surface area contributed by atoms with E-state index in [4.69, 9.17) is 11.6 Å². The molecule has 0 atom stereocenters. The van der Waals surface area contributed by atoms with E-state index in [1.807, 2.05) is 12.1 Å². The number of rotatable bonds is 4. The molecule has 4 heteroatoms. The molecular formula is C9H10BrClFN. The van der Waals surface area contributed by atoms with Gasteiger partial charge in [-0.15, -0.1) is 0 Å². The molecule has 1 aromatic rings. The van der Waals surface area contributed by atoms with Crippen LogP contribution in [0.2, 0.25) is 5.02 Å². The maximum absolute atomic E-state index is 11.8. The number of benzene rings is 1. The van der Waals surface area contributed by atoms with Crippen LogP contribution in [0, 0.1) is 0 Å². The monoisotopic (exact) mass is 265 g/mol. The molecule has 0 radical (unpaired) electrons. The molecule has 0 aliphatic heterocycles. The van der Waals surface area contributed by atoms with Crippen LogP contribution in [0.15, 0.2) is 22.7 Å².